The Labute approximate surface area is 150 Å². The summed E-state index contributed by atoms with van der Waals surface area (Å²) in [7, 11) is 3.47. The molecule has 2 fully saturated rings. The number of carbonyl (C=O) groups excluding carboxylic acids is 2. The molecule has 2 amide bonds. The molecule has 2 rings (SSSR count). The van der Waals surface area contributed by atoms with E-state index in [9.17, 15) is 9.59 Å². The molecule has 0 radical (unpaired) electrons. The molecule has 2 aliphatic rings. The maximum atomic E-state index is 11.9. The Morgan fingerprint density at radius 1 is 1.12 bits per heavy atom. The van der Waals surface area contributed by atoms with E-state index in [2.05, 4.69) is 15.2 Å². The van der Waals surface area contributed by atoms with Crippen molar-refractivity contribution in [3.8, 4) is 0 Å². The number of amides is 2. The summed E-state index contributed by atoms with van der Waals surface area (Å²) in [5.41, 5.74) is 0. The van der Waals surface area contributed by atoms with Crippen LogP contribution in [-0.2, 0) is 9.53 Å². The lowest BCUT2D eigenvalue weighted by molar-refractivity contribution is -0.127. The molecular weight excluding hydrogens is 322 g/mol. The van der Waals surface area contributed by atoms with Gasteiger partial charge in [0.05, 0.1) is 6.61 Å². The van der Waals surface area contributed by atoms with Crippen molar-refractivity contribution in [3.05, 3.63) is 0 Å². The first-order valence-electron chi connectivity index (χ1n) is 9.19. The number of aliphatic imine (C=N–C) groups is 1. The molecule has 0 aromatic rings. The van der Waals surface area contributed by atoms with Crippen molar-refractivity contribution in [2.75, 3.05) is 53.4 Å². The van der Waals surface area contributed by atoms with Crippen LogP contribution in [-0.4, -0.2) is 92.1 Å². The van der Waals surface area contributed by atoms with E-state index in [0.717, 1.165) is 18.8 Å². The highest BCUT2D eigenvalue weighted by atomic mass is 16.6. The average Bonchev–Trinajstić information content (AvgIpc) is 3.11. The average molecular weight is 353 g/mol. The number of piperazine rings is 1. The lowest BCUT2D eigenvalue weighted by Crippen LogP contribution is -2.55. The summed E-state index contributed by atoms with van der Waals surface area (Å²) in [4.78, 5) is 33.7. The smallest absolute Gasteiger partial charge is 0.409 e. The zero-order valence-electron chi connectivity index (χ0n) is 15.7. The van der Waals surface area contributed by atoms with Crippen LogP contribution in [0.2, 0.25) is 0 Å². The van der Waals surface area contributed by atoms with E-state index >= 15 is 0 Å². The Bertz CT molecular complexity index is 481. The van der Waals surface area contributed by atoms with Crippen LogP contribution in [0.5, 0.6) is 0 Å². The van der Waals surface area contributed by atoms with Gasteiger partial charge in [0.15, 0.2) is 5.96 Å². The molecule has 8 nitrogen and oxygen atoms in total. The fourth-order valence-electron chi connectivity index (χ4n) is 3.09. The SMILES string of the molecule is CCOC(=O)N1CCN(C(=NCC(=O)N(C)C)NC2CCCC2)CC1. The quantitative estimate of drug-likeness (QED) is 0.596. The fourth-order valence-corrected chi connectivity index (χ4v) is 3.09. The van der Waals surface area contributed by atoms with Crippen molar-refractivity contribution < 1.29 is 14.3 Å². The summed E-state index contributed by atoms with van der Waals surface area (Å²) in [5.74, 6) is 0.765. The molecule has 1 heterocycles. The summed E-state index contributed by atoms with van der Waals surface area (Å²) in [6, 6.07) is 0.427. The summed E-state index contributed by atoms with van der Waals surface area (Å²) in [6.45, 7) is 4.92. The van der Waals surface area contributed by atoms with E-state index in [1.165, 1.54) is 12.8 Å². The maximum absolute atomic E-state index is 11.9. The molecule has 0 aromatic heterocycles. The number of rotatable bonds is 4. The highest BCUT2D eigenvalue weighted by molar-refractivity contribution is 5.85. The van der Waals surface area contributed by atoms with Crippen molar-refractivity contribution in [1.29, 1.82) is 0 Å². The molecular formula is C17H31N5O3. The predicted octanol–water partition coefficient (Wildman–Crippen LogP) is 0.737. The summed E-state index contributed by atoms with van der Waals surface area (Å²) < 4.78 is 5.06. The number of hydrogen-bond donors (Lipinski definition) is 1. The third-order valence-electron chi connectivity index (χ3n) is 4.66. The molecule has 1 saturated heterocycles. The number of carbonyl (C=O) groups is 2. The largest absolute Gasteiger partial charge is 0.450 e. The van der Waals surface area contributed by atoms with Gasteiger partial charge in [-0.05, 0) is 19.8 Å². The van der Waals surface area contributed by atoms with E-state index in [4.69, 9.17) is 4.74 Å². The molecule has 1 saturated carbocycles. The predicted molar refractivity (Wildman–Crippen MR) is 96.6 cm³/mol. The minimum absolute atomic E-state index is 0.0177. The van der Waals surface area contributed by atoms with Crippen LogP contribution in [0.25, 0.3) is 0 Å². The second-order valence-electron chi connectivity index (χ2n) is 6.73. The number of nitrogens with one attached hydrogen (secondary N) is 1. The minimum atomic E-state index is -0.257. The van der Waals surface area contributed by atoms with Gasteiger partial charge in [-0.3, -0.25) is 4.79 Å². The Morgan fingerprint density at radius 3 is 2.28 bits per heavy atom. The van der Waals surface area contributed by atoms with Crippen LogP contribution in [0.4, 0.5) is 4.79 Å². The van der Waals surface area contributed by atoms with Gasteiger partial charge in [0.1, 0.15) is 6.54 Å². The van der Waals surface area contributed by atoms with E-state index < -0.39 is 0 Å². The monoisotopic (exact) mass is 353 g/mol. The van der Waals surface area contributed by atoms with E-state index in [0.29, 0.717) is 38.8 Å². The maximum Gasteiger partial charge on any atom is 0.409 e. The molecule has 0 bridgehead atoms. The van der Waals surface area contributed by atoms with Crippen molar-refractivity contribution in [2.24, 2.45) is 4.99 Å². The lowest BCUT2D eigenvalue weighted by Gasteiger charge is -2.36. The zero-order chi connectivity index (χ0) is 18.2. The lowest BCUT2D eigenvalue weighted by atomic mass is 10.2. The van der Waals surface area contributed by atoms with Gasteiger partial charge in [-0.2, -0.15) is 0 Å². The van der Waals surface area contributed by atoms with Crippen LogP contribution < -0.4 is 5.32 Å². The van der Waals surface area contributed by atoms with Gasteiger partial charge in [-0.1, -0.05) is 12.8 Å². The molecule has 25 heavy (non-hydrogen) atoms. The molecule has 1 aliphatic heterocycles. The second kappa shape index (κ2) is 9.48. The summed E-state index contributed by atoms with van der Waals surface area (Å²) in [6.07, 6.45) is 4.50. The number of ether oxygens (including phenoxy) is 1. The number of likely N-dealkylation sites (N-methyl/N-ethyl adjacent to an activating group) is 1. The van der Waals surface area contributed by atoms with E-state index in [1.807, 2.05) is 6.92 Å². The third kappa shape index (κ3) is 5.79. The van der Waals surface area contributed by atoms with Crippen LogP contribution >= 0.6 is 0 Å². The fraction of sp³-hybridized carbons (Fsp3) is 0.824. The van der Waals surface area contributed by atoms with Crippen LogP contribution in [0.1, 0.15) is 32.6 Å². The van der Waals surface area contributed by atoms with Crippen LogP contribution in [0.15, 0.2) is 4.99 Å². The Morgan fingerprint density at radius 2 is 1.72 bits per heavy atom. The molecule has 1 N–H and O–H groups in total. The minimum Gasteiger partial charge on any atom is -0.450 e. The van der Waals surface area contributed by atoms with Gasteiger partial charge in [0.2, 0.25) is 5.91 Å². The first-order chi connectivity index (χ1) is 12.0. The normalized spacial score (nSPS) is 19.1. The number of nitrogens with zero attached hydrogens (tertiary/aromatic N) is 4. The van der Waals surface area contributed by atoms with Crippen LogP contribution in [0.3, 0.4) is 0 Å². The van der Waals surface area contributed by atoms with Gasteiger partial charge in [0, 0.05) is 46.3 Å². The van der Waals surface area contributed by atoms with Crippen molar-refractivity contribution in [1.82, 2.24) is 20.0 Å². The number of hydrogen-bond acceptors (Lipinski definition) is 4. The Balaban J connectivity index is 1.96. The van der Waals surface area contributed by atoms with Gasteiger partial charge in [-0.15, -0.1) is 0 Å². The Hall–Kier alpha value is -1.99. The van der Waals surface area contributed by atoms with Gasteiger partial charge >= 0.3 is 6.09 Å². The van der Waals surface area contributed by atoms with Gasteiger partial charge in [0.25, 0.3) is 0 Å². The van der Waals surface area contributed by atoms with E-state index in [-0.39, 0.29) is 18.5 Å². The van der Waals surface area contributed by atoms with Crippen molar-refractivity contribution >= 4 is 18.0 Å². The standard InChI is InChI=1S/C17H31N5O3/c1-4-25-17(24)22-11-9-21(10-12-22)16(18-13-15(23)20(2)3)19-14-7-5-6-8-14/h14H,4-13H2,1-3H3,(H,18,19). The zero-order valence-corrected chi connectivity index (χ0v) is 15.7. The van der Waals surface area contributed by atoms with Crippen molar-refractivity contribution in [3.63, 3.8) is 0 Å². The van der Waals surface area contributed by atoms with E-state index in [1.54, 1.807) is 23.9 Å². The number of guanidine groups is 1. The molecule has 8 heteroatoms. The van der Waals surface area contributed by atoms with Gasteiger partial charge in [-0.25, -0.2) is 9.79 Å². The molecule has 1 aliphatic carbocycles. The Kier molecular flexibility index (Phi) is 7.33. The third-order valence-corrected chi connectivity index (χ3v) is 4.66. The van der Waals surface area contributed by atoms with Gasteiger partial charge < -0.3 is 24.8 Å². The molecule has 0 unspecified atom stereocenters. The first kappa shape index (κ1) is 19.3. The molecule has 0 atom stereocenters. The molecule has 0 spiro atoms. The molecule has 0 aromatic carbocycles. The molecule has 142 valence electrons. The second-order valence-corrected chi connectivity index (χ2v) is 6.73. The summed E-state index contributed by atoms with van der Waals surface area (Å²) >= 11 is 0. The highest BCUT2D eigenvalue weighted by Crippen LogP contribution is 2.18. The highest BCUT2D eigenvalue weighted by Gasteiger charge is 2.26. The topological polar surface area (TPSA) is 77.5 Å². The van der Waals surface area contributed by atoms with Crippen molar-refractivity contribution in [2.45, 2.75) is 38.6 Å². The summed E-state index contributed by atoms with van der Waals surface area (Å²) in [5, 5.41) is 3.52. The first-order valence-corrected chi connectivity index (χ1v) is 9.19. The van der Waals surface area contributed by atoms with Crippen LogP contribution in [0, 0.1) is 0 Å².